The lowest BCUT2D eigenvalue weighted by Crippen LogP contribution is -2.42. The van der Waals surface area contributed by atoms with Gasteiger partial charge in [-0.1, -0.05) is 13.0 Å². The van der Waals surface area contributed by atoms with Crippen LogP contribution in [0.2, 0.25) is 0 Å². The van der Waals surface area contributed by atoms with Crippen molar-refractivity contribution in [1.29, 1.82) is 0 Å². The lowest BCUT2D eigenvalue weighted by atomic mass is 10.2. The average molecular weight is 489 g/mol. The molecule has 26 heavy (non-hydrogen) atoms. The molecule has 3 N–H and O–H groups in total. The van der Waals surface area contributed by atoms with Gasteiger partial charge in [-0.2, -0.15) is 13.2 Å². The van der Waals surface area contributed by atoms with Crippen molar-refractivity contribution in [2.45, 2.75) is 45.5 Å². The highest BCUT2D eigenvalue weighted by Gasteiger charge is 2.30. The number of guanidine groups is 1. The third kappa shape index (κ3) is 9.46. The number of aliphatic imine (C=N–C) groups is 1. The van der Waals surface area contributed by atoms with Crippen LogP contribution in [0.15, 0.2) is 29.3 Å². The molecule has 5 nitrogen and oxygen atoms in total. The molecule has 0 aliphatic heterocycles. The van der Waals surface area contributed by atoms with Gasteiger partial charge in [-0.15, -0.1) is 24.0 Å². The van der Waals surface area contributed by atoms with E-state index in [9.17, 15) is 18.3 Å². The van der Waals surface area contributed by atoms with Crippen LogP contribution in [0, 0.1) is 0 Å². The predicted molar refractivity (Wildman–Crippen MR) is 107 cm³/mol. The molecule has 0 saturated carbocycles. The summed E-state index contributed by atoms with van der Waals surface area (Å²) in [5, 5.41) is 16.2. The van der Waals surface area contributed by atoms with E-state index in [0.717, 1.165) is 18.6 Å². The molecule has 0 bridgehead atoms. The molecule has 0 aromatic heterocycles. The van der Waals surface area contributed by atoms with E-state index in [4.69, 9.17) is 4.74 Å². The van der Waals surface area contributed by atoms with Crippen LogP contribution in [0.3, 0.4) is 0 Å². The van der Waals surface area contributed by atoms with Crippen molar-refractivity contribution in [2.75, 3.05) is 19.7 Å². The standard InChI is InChI=1S/C17H26F3N3O2.HI/c1-4-12(3)23-16(21-5-2)22-10-14(24)11-25-15-8-6-7-13(9-15)17(18,19)20;/h6-9,12,14,24H,4-5,10-11H2,1-3H3,(H2,21,22,23);1H. The fraction of sp³-hybridized carbons (Fsp3) is 0.588. The molecular formula is C17H27F3IN3O2. The second-order valence-corrected chi connectivity index (χ2v) is 5.66. The highest BCUT2D eigenvalue weighted by atomic mass is 127. The van der Waals surface area contributed by atoms with E-state index in [1.807, 2.05) is 20.8 Å². The highest BCUT2D eigenvalue weighted by Crippen LogP contribution is 2.31. The number of rotatable bonds is 8. The lowest BCUT2D eigenvalue weighted by molar-refractivity contribution is -0.137. The van der Waals surface area contributed by atoms with E-state index >= 15 is 0 Å². The second kappa shape index (κ2) is 12.2. The predicted octanol–water partition coefficient (Wildman–Crippen LogP) is 3.42. The smallest absolute Gasteiger partial charge is 0.416 e. The van der Waals surface area contributed by atoms with Crippen LogP contribution in [-0.4, -0.2) is 42.9 Å². The Morgan fingerprint density at radius 2 is 2.00 bits per heavy atom. The maximum absolute atomic E-state index is 12.6. The minimum atomic E-state index is -4.43. The minimum absolute atomic E-state index is 0. The van der Waals surface area contributed by atoms with Crippen LogP contribution >= 0.6 is 24.0 Å². The molecule has 1 aromatic carbocycles. The average Bonchev–Trinajstić information content (AvgIpc) is 2.57. The summed E-state index contributed by atoms with van der Waals surface area (Å²) >= 11 is 0. The Kier molecular flexibility index (Phi) is 11.6. The molecule has 0 spiro atoms. The summed E-state index contributed by atoms with van der Waals surface area (Å²) in [6.45, 7) is 6.59. The van der Waals surface area contributed by atoms with Gasteiger partial charge in [0.05, 0.1) is 12.1 Å². The maximum Gasteiger partial charge on any atom is 0.416 e. The van der Waals surface area contributed by atoms with Crippen molar-refractivity contribution in [2.24, 2.45) is 4.99 Å². The fourth-order valence-electron chi connectivity index (χ4n) is 1.86. The Balaban J connectivity index is 0.00000625. The number of aliphatic hydroxyl groups is 1. The molecular weight excluding hydrogens is 462 g/mol. The van der Waals surface area contributed by atoms with E-state index in [1.165, 1.54) is 12.1 Å². The van der Waals surface area contributed by atoms with Gasteiger partial charge >= 0.3 is 6.18 Å². The van der Waals surface area contributed by atoms with Gasteiger partial charge in [0.25, 0.3) is 0 Å². The number of ether oxygens (including phenoxy) is 1. The number of aliphatic hydroxyl groups excluding tert-OH is 1. The van der Waals surface area contributed by atoms with Gasteiger partial charge in [0.15, 0.2) is 5.96 Å². The summed E-state index contributed by atoms with van der Waals surface area (Å²) in [6, 6.07) is 4.79. The third-order valence-electron chi connectivity index (χ3n) is 3.40. The first-order valence-electron chi connectivity index (χ1n) is 8.29. The van der Waals surface area contributed by atoms with Crippen LogP contribution in [-0.2, 0) is 6.18 Å². The van der Waals surface area contributed by atoms with Crippen molar-refractivity contribution in [3.63, 3.8) is 0 Å². The van der Waals surface area contributed by atoms with Crippen LogP contribution in [0.5, 0.6) is 5.75 Å². The summed E-state index contributed by atoms with van der Waals surface area (Å²) < 4.78 is 43.2. The number of halogens is 4. The fourth-order valence-corrected chi connectivity index (χ4v) is 1.86. The van der Waals surface area contributed by atoms with E-state index < -0.39 is 17.8 Å². The number of benzene rings is 1. The molecule has 0 aliphatic rings. The van der Waals surface area contributed by atoms with Crippen molar-refractivity contribution in [3.8, 4) is 5.75 Å². The first-order valence-corrected chi connectivity index (χ1v) is 8.29. The van der Waals surface area contributed by atoms with Crippen molar-refractivity contribution >= 4 is 29.9 Å². The topological polar surface area (TPSA) is 65.9 Å². The van der Waals surface area contributed by atoms with Gasteiger partial charge < -0.3 is 20.5 Å². The van der Waals surface area contributed by atoms with Gasteiger partial charge in [-0.05, 0) is 38.5 Å². The monoisotopic (exact) mass is 489 g/mol. The van der Waals surface area contributed by atoms with E-state index in [0.29, 0.717) is 12.5 Å². The number of nitrogens with zero attached hydrogens (tertiary/aromatic N) is 1. The SMILES string of the molecule is CCNC(=NCC(O)COc1cccc(C(F)(F)F)c1)NC(C)CC.I. The third-order valence-corrected chi connectivity index (χ3v) is 3.40. The summed E-state index contributed by atoms with van der Waals surface area (Å²) in [5.41, 5.74) is -0.787. The molecule has 0 heterocycles. The molecule has 150 valence electrons. The largest absolute Gasteiger partial charge is 0.491 e. The number of hydrogen-bond donors (Lipinski definition) is 3. The Bertz CT molecular complexity index is 556. The summed E-state index contributed by atoms with van der Waals surface area (Å²) in [4.78, 5) is 4.25. The zero-order valence-corrected chi connectivity index (χ0v) is 17.5. The Hall–Kier alpha value is -1.23. The lowest BCUT2D eigenvalue weighted by Gasteiger charge is -2.17. The van der Waals surface area contributed by atoms with Crippen LogP contribution in [0.1, 0.15) is 32.8 Å². The van der Waals surface area contributed by atoms with Gasteiger partial charge in [-0.3, -0.25) is 4.99 Å². The number of alkyl halides is 3. The van der Waals surface area contributed by atoms with Crippen LogP contribution in [0.25, 0.3) is 0 Å². The molecule has 0 amide bonds. The molecule has 0 aliphatic carbocycles. The first-order chi connectivity index (χ1) is 11.8. The summed E-state index contributed by atoms with van der Waals surface area (Å²) in [7, 11) is 0. The molecule has 1 rings (SSSR count). The second-order valence-electron chi connectivity index (χ2n) is 5.66. The molecule has 2 atom stereocenters. The first kappa shape index (κ1) is 24.8. The molecule has 9 heteroatoms. The van der Waals surface area contributed by atoms with Gasteiger partial charge in [0.1, 0.15) is 18.5 Å². The van der Waals surface area contributed by atoms with Gasteiger partial charge in [0, 0.05) is 12.6 Å². The highest BCUT2D eigenvalue weighted by molar-refractivity contribution is 14.0. The molecule has 0 fully saturated rings. The van der Waals surface area contributed by atoms with Crippen molar-refractivity contribution in [1.82, 2.24) is 10.6 Å². The molecule has 1 aromatic rings. The zero-order chi connectivity index (χ0) is 18.9. The van der Waals surface area contributed by atoms with Gasteiger partial charge in [-0.25, -0.2) is 0 Å². The van der Waals surface area contributed by atoms with Crippen molar-refractivity contribution in [3.05, 3.63) is 29.8 Å². The van der Waals surface area contributed by atoms with Crippen molar-refractivity contribution < 1.29 is 23.0 Å². The summed E-state index contributed by atoms with van der Waals surface area (Å²) in [5.74, 6) is 0.637. The van der Waals surface area contributed by atoms with E-state index in [-0.39, 0.29) is 48.9 Å². The van der Waals surface area contributed by atoms with Crippen LogP contribution < -0.4 is 15.4 Å². The van der Waals surface area contributed by atoms with E-state index in [2.05, 4.69) is 15.6 Å². The molecule has 2 unspecified atom stereocenters. The Labute approximate surface area is 169 Å². The normalized spacial score (nSPS) is 14.2. The Morgan fingerprint density at radius 3 is 2.58 bits per heavy atom. The number of hydrogen-bond acceptors (Lipinski definition) is 3. The summed E-state index contributed by atoms with van der Waals surface area (Å²) in [6.07, 6.45) is -4.43. The Morgan fingerprint density at radius 1 is 1.31 bits per heavy atom. The van der Waals surface area contributed by atoms with Crippen LogP contribution in [0.4, 0.5) is 13.2 Å². The zero-order valence-electron chi connectivity index (χ0n) is 15.1. The van der Waals surface area contributed by atoms with E-state index in [1.54, 1.807) is 0 Å². The number of nitrogens with one attached hydrogen (secondary N) is 2. The minimum Gasteiger partial charge on any atom is -0.491 e. The van der Waals surface area contributed by atoms with Gasteiger partial charge in [0.2, 0.25) is 0 Å². The quantitative estimate of drug-likeness (QED) is 0.298. The maximum atomic E-state index is 12.6. The molecule has 0 radical (unpaired) electrons. The molecule has 0 saturated heterocycles.